The van der Waals surface area contributed by atoms with E-state index >= 15 is 0 Å². The number of H-pyrrole nitrogens is 1. The van der Waals surface area contributed by atoms with E-state index < -0.39 is 0 Å². The minimum Gasteiger partial charge on any atom is -0.354 e. The van der Waals surface area contributed by atoms with Gasteiger partial charge >= 0.3 is 0 Å². The van der Waals surface area contributed by atoms with E-state index in [-0.39, 0.29) is 0 Å². The van der Waals surface area contributed by atoms with Gasteiger partial charge in [0.05, 0.1) is 11.2 Å². The highest BCUT2D eigenvalue weighted by Gasteiger charge is 2.14. The van der Waals surface area contributed by atoms with Gasteiger partial charge < -0.3 is 4.98 Å². The molecule has 0 bridgehead atoms. The molecule has 0 spiro atoms. The maximum Gasteiger partial charge on any atom is 0.0755 e. The predicted molar refractivity (Wildman–Crippen MR) is 88.5 cm³/mol. The summed E-state index contributed by atoms with van der Waals surface area (Å²) in [6.45, 7) is 4.24. The second kappa shape index (κ2) is 4.45. The Hall–Kier alpha value is -2.61. The lowest BCUT2D eigenvalue weighted by molar-refractivity contribution is 1.21. The van der Waals surface area contributed by atoms with Gasteiger partial charge in [0.2, 0.25) is 0 Å². The van der Waals surface area contributed by atoms with Crippen LogP contribution in [0.5, 0.6) is 0 Å². The summed E-state index contributed by atoms with van der Waals surface area (Å²) in [7, 11) is 0. The first-order chi connectivity index (χ1) is 10.3. The number of aromatic amines is 1. The first kappa shape index (κ1) is 12.2. The summed E-state index contributed by atoms with van der Waals surface area (Å²) in [6, 6.07) is 18.8. The van der Waals surface area contributed by atoms with Crippen LogP contribution in [0.15, 0.2) is 54.6 Å². The zero-order valence-corrected chi connectivity index (χ0v) is 12.1. The van der Waals surface area contributed by atoms with E-state index in [1.807, 2.05) is 6.07 Å². The second-order valence-corrected chi connectivity index (χ2v) is 5.46. The summed E-state index contributed by atoms with van der Waals surface area (Å²) in [5.41, 5.74) is 6.88. The lowest BCUT2D eigenvalue weighted by atomic mass is 10.0. The highest BCUT2D eigenvalue weighted by atomic mass is 14.8. The van der Waals surface area contributed by atoms with Gasteiger partial charge in [0.25, 0.3) is 0 Å². The summed E-state index contributed by atoms with van der Waals surface area (Å²) in [6.07, 6.45) is 0. The molecule has 2 aromatic heterocycles. The summed E-state index contributed by atoms with van der Waals surface area (Å²) in [4.78, 5) is 8.43. The Morgan fingerprint density at radius 3 is 2.38 bits per heavy atom. The zero-order valence-electron chi connectivity index (χ0n) is 12.1. The van der Waals surface area contributed by atoms with E-state index in [1.165, 1.54) is 32.9 Å². The highest BCUT2D eigenvalue weighted by molar-refractivity contribution is 6.10. The third-order valence-electron chi connectivity index (χ3n) is 4.12. The largest absolute Gasteiger partial charge is 0.354 e. The van der Waals surface area contributed by atoms with Crippen LogP contribution in [0.4, 0.5) is 0 Å². The molecule has 0 fully saturated rings. The van der Waals surface area contributed by atoms with Crippen LogP contribution in [0.25, 0.3) is 33.1 Å². The van der Waals surface area contributed by atoms with Crippen LogP contribution in [0.3, 0.4) is 0 Å². The van der Waals surface area contributed by atoms with Crippen LogP contribution in [-0.2, 0) is 0 Å². The molecule has 0 unspecified atom stereocenters. The van der Waals surface area contributed by atoms with Crippen molar-refractivity contribution in [1.82, 2.24) is 9.97 Å². The van der Waals surface area contributed by atoms with Crippen LogP contribution in [0.1, 0.15) is 11.3 Å². The van der Waals surface area contributed by atoms with E-state index in [1.54, 1.807) is 0 Å². The number of aryl methyl sites for hydroxylation is 2. The number of rotatable bonds is 1. The van der Waals surface area contributed by atoms with Crippen molar-refractivity contribution in [2.45, 2.75) is 13.8 Å². The summed E-state index contributed by atoms with van der Waals surface area (Å²) in [5.74, 6) is 0. The number of para-hydroxylation sites is 1. The number of pyridine rings is 1. The Balaban J connectivity index is 2.13. The molecule has 102 valence electrons. The van der Waals surface area contributed by atoms with Crippen molar-refractivity contribution < 1.29 is 0 Å². The predicted octanol–water partition coefficient (Wildman–Crippen LogP) is 5.00. The molecule has 0 saturated heterocycles. The third-order valence-corrected chi connectivity index (χ3v) is 4.12. The molecule has 4 rings (SSSR count). The summed E-state index contributed by atoms with van der Waals surface area (Å²) in [5, 5.41) is 2.49. The van der Waals surface area contributed by atoms with Crippen LogP contribution < -0.4 is 0 Å². The molecule has 0 amide bonds. The normalized spacial score (nSPS) is 11.3. The van der Waals surface area contributed by atoms with Gasteiger partial charge in [0.15, 0.2) is 0 Å². The molecular formula is C19H16N2. The average Bonchev–Trinajstić information content (AvgIpc) is 2.92. The van der Waals surface area contributed by atoms with E-state index in [9.17, 15) is 0 Å². The van der Waals surface area contributed by atoms with Crippen molar-refractivity contribution in [1.29, 1.82) is 0 Å². The lowest BCUT2D eigenvalue weighted by Gasteiger charge is -2.09. The number of nitrogens with zero attached hydrogens (tertiary/aromatic N) is 1. The fourth-order valence-electron chi connectivity index (χ4n) is 3.10. The molecular weight excluding hydrogens is 256 g/mol. The maximum absolute atomic E-state index is 4.87. The number of fused-ring (bicyclic) bond motifs is 3. The molecule has 2 nitrogen and oxygen atoms in total. The number of hydrogen-bond donors (Lipinski definition) is 1. The molecule has 0 radical (unpaired) electrons. The second-order valence-electron chi connectivity index (χ2n) is 5.46. The van der Waals surface area contributed by atoms with Gasteiger partial charge in [-0.25, -0.2) is 0 Å². The van der Waals surface area contributed by atoms with Crippen LogP contribution in [0, 0.1) is 13.8 Å². The SMILES string of the molecule is Cc1c(-c2ccccc2)nc(C)c2c1[nH]c1ccccc12. The Morgan fingerprint density at radius 1 is 0.857 bits per heavy atom. The highest BCUT2D eigenvalue weighted by Crippen LogP contribution is 2.33. The molecule has 0 aliphatic carbocycles. The fraction of sp³-hybridized carbons (Fsp3) is 0.105. The van der Waals surface area contributed by atoms with Crippen LogP contribution in [-0.4, -0.2) is 9.97 Å². The lowest BCUT2D eigenvalue weighted by Crippen LogP contribution is -1.93. The monoisotopic (exact) mass is 272 g/mol. The van der Waals surface area contributed by atoms with Gasteiger partial charge in [-0.1, -0.05) is 48.5 Å². The standard InChI is InChI=1S/C19H16N2/c1-12-18(14-8-4-3-5-9-14)20-13(2)17-15-10-6-7-11-16(15)21-19(12)17/h3-11,21H,1-2H3. The fourth-order valence-corrected chi connectivity index (χ4v) is 3.10. The van der Waals surface area contributed by atoms with Crippen molar-refractivity contribution in [2.24, 2.45) is 0 Å². The Kier molecular flexibility index (Phi) is 2.58. The first-order valence-electron chi connectivity index (χ1n) is 7.19. The van der Waals surface area contributed by atoms with Crippen molar-refractivity contribution in [3.8, 4) is 11.3 Å². The van der Waals surface area contributed by atoms with E-state index in [0.29, 0.717) is 0 Å². The quantitative estimate of drug-likeness (QED) is 0.519. The van der Waals surface area contributed by atoms with Gasteiger partial charge in [-0.2, -0.15) is 0 Å². The maximum atomic E-state index is 4.87. The van der Waals surface area contributed by atoms with Gasteiger partial charge in [0, 0.05) is 27.5 Å². The van der Waals surface area contributed by atoms with Crippen molar-refractivity contribution >= 4 is 21.8 Å². The topological polar surface area (TPSA) is 28.7 Å². The summed E-state index contributed by atoms with van der Waals surface area (Å²) < 4.78 is 0. The third kappa shape index (κ3) is 1.76. The van der Waals surface area contributed by atoms with Gasteiger partial charge in [-0.15, -0.1) is 0 Å². The molecule has 21 heavy (non-hydrogen) atoms. The molecule has 0 saturated carbocycles. The zero-order chi connectivity index (χ0) is 14.4. The van der Waals surface area contributed by atoms with Crippen LogP contribution in [0.2, 0.25) is 0 Å². The number of benzene rings is 2. The minimum absolute atomic E-state index is 1.06. The van der Waals surface area contributed by atoms with Gasteiger partial charge in [0.1, 0.15) is 0 Å². The first-order valence-corrected chi connectivity index (χ1v) is 7.19. The Labute approximate surface area is 123 Å². The molecule has 4 aromatic rings. The molecule has 0 aliphatic heterocycles. The van der Waals surface area contributed by atoms with E-state index in [4.69, 9.17) is 4.98 Å². The average molecular weight is 272 g/mol. The molecule has 2 heterocycles. The van der Waals surface area contributed by atoms with Crippen molar-refractivity contribution in [2.75, 3.05) is 0 Å². The number of aromatic nitrogens is 2. The number of nitrogens with one attached hydrogen (secondary N) is 1. The van der Waals surface area contributed by atoms with Crippen molar-refractivity contribution in [3.05, 3.63) is 65.9 Å². The van der Waals surface area contributed by atoms with E-state index in [0.717, 1.165) is 11.4 Å². The Morgan fingerprint density at radius 2 is 1.57 bits per heavy atom. The van der Waals surface area contributed by atoms with Crippen LogP contribution >= 0.6 is 0 Å². The number of hydrogen-bond acceptors (Lipinski definition) is 1. The molecule has 0 aliphatic rings. The van der Waals surface area contributed by atoms with Crippen molar-refractivity contribution in [3.63, 3.8) is 0 Å². The summed E-state index contributed by atoms with van der Waals surface area (Å²) >= 11 is 0. The van der Waals surface area contributed by atoms with Gasteiger partial charge in [-0.05, 0) is 25.5 Å². The molecule has 2 heteroatoms. The molecule has 1 N–H and O–H groups in total. The molecule has 2 aromatic carbocycles. The Bertz CT molecular complexity index is 950. The smallest absolute Gasteiger partial charge is 0.0755 e. The minimum atomic E-state index is 1.06. The van der Waals surface area contributed by atoms with Gasteiger partial charge in [-0.3, -0.25) is 4.98 Å². The molecule has 0 atom stereocenters. The van der Waals surface area contributed by atoms with E-state index in [2.05, 4.69) is 67.4 Å².